The number of carbonyl (C=O) groups excluding carboxylic acids is 2. The molecule has 0 spiro atoms. The Bertz CT molecular complexity index is 912. The van der Waals surface area contributed by atoms with Crippen molar-refractivity contribution >= 4 is 12.1 Å². The highest BCUT2D eigenvalue weighted by Crippen LogP contribution is 2.25. The van der Waals surface area contributed by atoms with E-state index in [-0.39, 0.29) is 12.1 Å². The van der Waals surface area contributed by atoms with Gasteiger partial charge in [-0.15, -0.1) is 0 Å². The third-order valence-electron chi connectivity index (χ3n) is 5.42. The van der Waals surface area contributed by atoms with Gasteiger partial charge in [0.2, 0.25) is 0 Å². The Kier molecular flexibility index (Phi) is 6.34. The highest BCUT2D eigenvalue weighted by Gasteiger charge is 2.37. The van der Waals surface area contributed by atoms with Gasteiger partial charge in [0.25, 0.3) is 0 Å². The quantitative estimate of drug-likeness (QED) is 0.657. The Balaban J connectivity index is 1.37. The van der Waals surface area contributed by atoms with E-state index in [1.165, 1.54) is 4.90 Å². The Morgan fingerprint density at radius 3 is 2.55 bits per heavy atom. The number of ether oxygens (including phenoxy) is 2. The van der Waals surface area contributed by atoms with Crippen LogP contribution in [0.3, 0.4) is 0 Å². The van der Waals surface area contributed by atoms with Crippen molar-refractivity contribution in [1.29, 1.82) is 0 Å². The van der Waals surface area contributed by atoms with Gasteiger partial charge in [0.1, 0.15) is 11.5 Å². The fraction of sp³-hybridized carbons (Fsp3) is 0.409. The molecule has 9 heteroatoms. The first-order valence-corrected chi connectivity index (χ1v) is 10.4. The molecular weight excluding hydrogens is 398 g/mol. The minimum atomic E-state index is -0.669. The molecule has 0 bridgehead atoms. The van der Waals surface area contributed by atoms with Crippen LogP contribution in [0.4, 0.5) is 9.59 Å². The molecule has 4 rings (SSSR count). The largest absolute Gasteiger partial charge is 0.456 e. The third kappa shape index (κ3) is 5.12. The summed E-state index contributed by atoms with van der Waals surface area (Å²) in [4.78, 5) is 30.6. The topological polar surface area (TPSA) is 105 Å². The lowest BCUT2D eigenvalue weighted by Gasteiger charge is -2.39. The third-order valence-corrected chi connectivity index (χ3v) is 5.42. The zero-order valence-electron chi connectivity index (χ0n) is 17.6. The summed E-state index contributed by atoms with van der Waals surface area (Å²) in [6, 6.07) is 10.3. The molecule has 31 heavy (non-hydrogen) atoms. The summed E-state index contributed by atoms with van der Waals surface area (Å²) in [7, 11) is 0. The molecule has 2 aromatic rings. The van der Waals surface area contributed by atoms with Crippen LogP contribution in [0.2, 0.25) is 0 Å². The maximum absolute atomic E-state index is 12.6. The molecule has 1 aromatic carbocycles. The minimum absolute atomic E-state index is 0.141. The summed E-state index contributed by atoms with van der Waals surface area (Å²) in [5.41, 5.74) is 1.87. The number of nitrogens with one attached hydrogen (secondary N) is 3. The highest BCUT2D eigenvalue weighted by molar-refractivity contribution is 5.96. The van der Waals surface area contributed by atoms with E-state index in [1.54, 1.807) is 6.20 Å². The van der Waals surface area contributed by atoms with Crippen molar-refractivity contribution < 1.29 is 19.1 Å². The van der Waals surface area contributed by atoms with Crippen LogP contribution in [0, 0.1) is 6.92 Å². The zero-order valence-corrected chi connectivity index (χ0v) is 17.6. The van der Waals surface area contributed by atoms with Crippen molar-refractivity contribution in [2.45, 2.75) is 45.1 Å². The van der Waals surface area contributed by atoms with E-state index in [9.17, 15) is 9.59 Å². The molecule has 9 nitrogen and oxygen atoms in total. The second kappa shape index (κ2) is 9.32. The van der Waals surface area contributed by atoms with E-state index in [4.69, 9.17) is 9.47 Å². The summed E-state index contributed by atoms with van der Waals surface area (Å²) < 4.78 is 11.2. The van der Waals surface area contributed by atoms with E-state index in [0.717, 1.165) is 11.3 Å². The lowest BCUT2D eigenvalue weighted by Crippen LogP contribution is -2.70. The number of amides is 4. The minimum Gasteiger partial charge on any atom is -0.456 e. The molecule has 0 saturated carbocycles. The fourth-order valence-electron chi connectivity index (χ4n) is 3.72. The van der Waals surface area contributed by atoms with Crippen LogP contribution in [-0.4, -0.2) is 47.5 Å². The molecule has 2 fully saturated rings. The maximum atomic E-state index is 12.6. The molecule has 164 valence electrons. The fourth-order valence-corrected chi connectivity index (χ4v) is 3.72. The van der Waals surface area contributed by atoms with Gasteiger partial charge in [-0.05, 0) is 56.5 Å². The molecule has 2 saturated heterocycles. The first-order chi connectivity index (χ1) is 15.0. The van der Waals surface area contributed by atoms with Crippen LogP contribution < -0.4 is 20.7 Å². The first-order valence-electron chi connectivity index (χ1n) is 10.4. The van der Waals surface area contributed by atoms with E-state index in [0.29, 0.717) is 37.6 Å². The Morgan fingerprint density at radius 1 is 1.13 bits per heavy atom. The van der Waals surface area contributed by atoms with Gasteiger partial charge in [0.15, 0.2) is 6.29 Å². The maximum Gasteiger partial charge on any atom is 0.328 e. The number of benzene rings is 1. The molecule has 3 heterocycles. The number of urea groups is 2. The number of aromatic nitrogens is 1. The summed E-state index contributed by atoms with van der Waals surface area (Å²) in [6.07, 6.45) is 2.31. The molecular formula is C22H27N5O4. The van der Waals surface area contributed by atoms with E-state index < -0.39 is 18.4 Å². The molecule has 4 amide bonds. The van der Waals surface area contributed by atoms with Crippen molar-refractivity contribution in [3.8, 4) is 11.5 Å². The van der Waals surface area contributed by atoms with Gasteiger partial charge in [-0.1, -0.05) is 12.1 Å². The molecule has 2 aliphatic rings. The molecule has 3 N–H and O–H groups in total. The monoisotopic (exact) mass is 425 g/mol. The highest BCUT2D eigenvalue weighted by atomic mass is 16.5. The van der Waals surface area contributed by atoms with Gasteiger partial charge >= 0.3 is 12.1 Å². The number of aryl methyl sites for hydroxylation is 1. The predicted molar refractivity (Wildman–Crippen MR) is 114 cm³/mol. The van der Waals surface area contributed by atoms with Crippen molar-refractivity contribution in [1.82, 2.24) is 25.8 Å². The average molecular weight is 425 g/mol. The van der Waals surface area contributed by atoms with E-state index in [2.05, 4.69) is 20.9 Å². The Labute approximate surface area is 181 Å². The molecule has 1 atom stereocenters. The predicted octanol–water partition coefficient (Wildman–Crippen LogP) is 3.03. The first kappa shape index (κ1) is 21.1. The van der Waals surface area contributed by atoms with Crippen LogP contribution in [0.25, 0.3) is 0 Å². The van der Waals surface area contributed by atoms with Gasteiger partial charge in [-0.3, -0.25) is 10.3 Å². The molecule has 1 aromatic heterocycles. The van der Waals surface area contributed by atoms with Gasteiger partial charge in [0.05, 0.1) is 6.20 Å². The second-order valence-corrected chi connectivity index (χ2v) is 7.74. The second-order valence-electron chi connectivity index (χ2n) is 7.74. The molecule has 0 aliphatic carbocycles. The van der Waals surface area contributed by atoms with Crippen LogP contribution in [0.5, 0.6) is 11.5 Å². The summed E-state index contributed by atoms with van der Waals surface area (Å²) in [5, 5.41) is 8.87. The standard InChI is InChI=1S/C22H27N5O4/c1-14-6-7-19(13-23-14)31-18-5-3-4-16(12-18)15(2)24-20-25-21(28)27(22(29)26-20)17-8-10-30-11-9-17/h3-7,12-13,15,17,20,24H,8-11H2,1-2H3,(H,25,28)(H,26,29)/t15-/m0/s1. The van der Waals surface area contributed by atoms with Gasteiger partial charge < -0.3 is 20.1 Å². The lowest BCUT2D eigenvalue weighted by molar-refractivity contribution is 0.0492. The molecule has 0 unspecified atom stereocenters. The van der Waals surface area contributed by atoms with Gasteiger partial charge in [-0.2, -0.15) is 0 Å². The normalized spacial score (nSPS) is 19.0. The number of rotatable bonds is 6. The van der Waals surface area contributed by atoms with Crippen molar-refractivity contribution in [3.05, 3.63) is 53.9 Å². The van der Waals surface area contributed by atoms with Crippen LogP contribution in [-0.2, 0) is 4.74 Å². The number of nitrogens with zero attached hydrogens (tertiary/aromatic N) is 2. The molecule has 0 radical (unpaired) electrons. The number of hydrogen-bond donors (Lipinski definition) is 3. The van der Waals surface area contributed by atoms with E-state index >= 15 is 0 Å². The van der Waals surface area contributed by atoms with Gasteiger partial charge in [-0.25, -0.2) is 14.5 Å². The number of pyridine rings is 1. The smallest absolute Gasteiger partial charge is 0.328 e. The molecule has 2 aliphatic heterocycles. The number of hydrogen-bond acceptors (Lipinski definition) is 6. The average Bonchev–Trinajstić information content (AvgIpc) is 2.76. The van der Waals surface area contributed by atoms with Crippen LogP contribution >= 0.6 is 0 Å². The van der Waals surface area contributed by atoms with E-state index in [1.807, 2.05) is 50.2 Å². The van der Waals surface area contributed by atoms with Crippen molar-refractivity contribution in [2.75, 3.05) is 13.2 Å². The summed E-state index contributed by atoms with van der Waals surface area (Å²) in [5.74, 6) is 1.34. The van der Waals surface area contributed by atoms with Crippen LogP contribution in [0.15, 0.2) is 42.6 Å². The Hall–Kier alpha value is -3.17. The zero-order chi connectivity index (χ0) is 21.8. The van der Waals surface area contributed by atoms with Crippen molar-refractivity contribution in [3.63, 3.8) is 0 Å². The summed E-state index contributed by atoms with van der Waals surface area (Å²) >= 11 is 0. The Morgan fingerprint density at radius 2 is 1.87 bits per heavy atom. The van der Waals surface area contributed by atoms with Gasteiger partial charge in [0, 0.05) is 31.0 Å². The summed E-state index contributed by atoms with van der Waals surface area (Å²) in [6.45, 7) is 4.98. The van der Waals surface area contributed by atoms with Crippen LogP contribution in [0.1, 0.15) is 37.1 Å². The number of carbonyl (C=O) groups is 2. The van der Waals surface area contributed by atoms with Crippen molar-refractivity contribution in [2.24, 2.45) is 0 Å². The number of imide groups is 1. The lowest BCUT2D eigenvalue weighted by atomic mass is 10.1. The SMILES string of the molecule is Cc1ccc(Oc2cccc([C@H](C)NC3NC(=O)N(C4CCOCC4)C(=O)N3)c2)cn1.